The monoisotopic (exact) mass is 578 g/mol. The van der Waals surface area contributed by atoms with Crippen molar-refractivity contribution in [3.63, 3.8) is 0 Å². The fourth-order valence-corrected chi connectivity index (χ4v) is 6.50. The van der Waals surface area contributed by atoms with E-state index in [1.165, 1.54) is 5.69 Å². The van der Waals surface area contributed by atoms with E-state index in [0.29, 0.717) is 30.9 Å². The van der Waals surface area contributed by atoms with E-state index < -0.39 is 0 Å². The van der Waals surface area contributed by atoms with Gasteiger partial charge in [-0.25, -0.2) is 9.97 Å². The maximum atomic E-state index is 13.2. The van der Waals surface area contributed by atoms with Crippen molar-refractivity contribution in [2.45, 2.75) is 43.7 Å². The van der Waals surface area contributed by atoms with Gasteiger partial charge in [-0.3, -0.25) is 9.69 Å². The molecule has 222 valence electrons. The van der Waals surface area contributed by atoms with Gasteiger partial charge in [0, 0.05) is 49.6 Å². The van der Waals surface area contributed by atoms with Crippen molar-refractivity contribution >= 4 is 22.8 Å². The summed E-state index contributed by atoms with van der Waals surface area (Å²) in [4.78, 5) is 26.6. The first kappa shape index (κ1) is 27.6. The van der Waals surface area contributed by atoms with Crippen LogP contribution in [0.15, 0.2) is 73.1 Å². The lowest BCUT2D eigenvalue weighted by Gasteiger charge is -2.21. The minimum absolute atomic E-state index is 0.0615. The molecule has 2 aliphatic heterocycles. The first-order valence-electron chi connectivity index (χ1n) is 15.3. The maximum absolute atomic E-state index is 13.2. The highest BCUT2D eigenvalue weighted by molar-refractivity contribution is 6.03. The smallest absolute Gasteiger partial charge is 0.246 e. The molecular formula is C34H38N6O3. The number of hydrogen-bond donors (Lipinski definition) is 1. The zero-order valence-corrected chi connectivity index (χ0v) is 24.6. The summed E-state index contributed by atoms with van der Waals surface area (Å²) in [6.45, 7) is 3.68. The molecule has 2 saturated heterocycles. The Morgan fingerprint density at radius 2 is 1.86 bits per heavy atom. The largest absolute Gasteiger partial charge is 0.457 e. The summed E-state index contributed by atoms with van der Waals surface area (Å²) in [6, 6.07) is 18.5. The molecule has 4 aromatic rings. The van der Waals surface area contributed by atoms with Gasteiger partial charge in [0.15, 0.2) is 0 Å². The fraction of sp³-hybridized carbons (Fsp3) is 0.382. The predicted molar refractivity (Wildman–Crippen MR) is 167 cm³/mol. The van der Waals surface area contributed by atoms with E-state index in [-0.39, 0.29) is 11.9 Å². The minimum atomic E-state index is 0.0615. The van der Waals surface area contributed by atoms with Gasteiger partial charge in [-0.1, -0.05) is 36.4 Å². The lowest BCUT2D eigenvalue weighted by Crippen LogP contribution is -2.32. The average molecular weight is 579 g/mol. The van der Waals surface area contributed by atoms with Crippen molar-refractivity contribution in [2.75, 3.05) is 45.6 Å². The van der Waals surface area contributed by atoms with E-state index in [1.54, 1.807) is 12.4 Å². The van der Waals surface area contributed by atoms with Gasteiger partial charge >= 0.3 is 0 Å². The molecule has 43 heavy (non-hydrogen) atoms. The number of nitrogens with zero attached hydrogens (tertiary/aromatic N) is 5. The Hall–Kier alpha value is -4.21. The highest BCUT2D eigenvalue weighted by Crippen LogP contribution is 2.51. The SMILES string of the molecule is CN(CC=CC(=O)N1CC[C@@H](n2c(C3CC3)c(-c3ccc(Oc4ccccc4)cc3)c3c(N)ncnc32)C1)[C@@H]1CCOC1. The number of rotatable bonds is 9. The second-order valence-corrected chi connectivity index (χ2v) is 11.9. The lowest BCUT2D eigenvalue weighted by molar-refractivity contribution is -0.125. The highest BCUT2D eigenvalue weighted by atomic mass is 16.5. The van der Waals surface area contributed by atoms with Gasteiger partial charge < -0.3 is 24.7 Å². The van der Waals surface area contributed by atoms with E-state index in [1.807, 2.05) is 53.4 Å². The Balaban J connectivity index is 1.15. The van der Waals surface area contributed by atoms with Crippen LogP contribution in [-0.4, -0.2) is 76.2 Å². The molecule has 2 N–H and O–H groups in total. The van der Waals surface area contributed by atoms with Crippen LogP contribution in [0.4, 0.5) is 5.82 Å². The topological polar surface area (TPSA) is 98.7 Å². The molecule has 3 aliphatic rings. The fourth-order valence-electron chi connectivity index (χ4n) is 6.50. The number of aromatic nitrogens is 3. The number of carbonyl (C=O) groups excluding carboxylic acids is 1. The van der Waals surface area contributed by atoms with Crippen LogP contribution in [0.25, 0.3) is 22.2 Å². The van der Waals surface area contributed by atoms with Gasteiger partial charge in [0.2, 0.25) is 5.91 Å². The van der Waals surface area contributed by atoms with E-state index in [2.05, 4.69) is 33.6 Å². The number of nitrogen functional groups attached to an aromatic ring is 1. The normalized spacial score (nSPS) is 20.6. The molecule has 7 rings (SSSR count). The van der Waals surface area contributed by atoms with Crippen LogP contribution in [0, 0.1) is 0 Å². The van der Waals surface area contributed by atoms with Crippen LogP contribution in [0.1, 0.15) is 43.3 Å². The molecule has 9 heteroatoms. The molecule has 4 heterocycles. The molecule has 2 aromatic carbocycles. The summed E-state index contributed by atoms with van der Waals surface area (Å²) < 4.78 is 13.9. The van der Waals surface area contributed by atoms with Crippen molar-refractivity contribution in [1.29, 1.82) is 0 Å². The number of fused-ring (bicyclic) bond motifs is 1. The van der Waals surface area contributed by atoms with Gasteiger partial charge in [0.05, 0.1) is 18.0 Å². The average Bonchev–Trinajstić information content (AvgIpc) is 3.39. The van der Waals surface area contributed by atoms with Crippen molar-refractivity contribution < 1.29 is 14.3 Å². The van der Waals surface area contributed by atoms with E-state index in [4.69, 9.17) is 20.2 Å². The summed E-state index contributed by atoms with van der Waals surface area (Å²) in [6.07, 6.45) is 9.43. The second-order valence-electron chi connectivity index (χ2n) is 11.9. The Bertz CT molecular complexity index is 1620. The molecule has 1 aliphatic carbocycles. The zero-order chi connectivity index (χ0) is 29.3. The Labute approximate surface area is 251 Å². The molecule has 2 atom stereocenters. The summed E-state index contributed by atoms with van der Waals surface area (Å²) in [7, 11) is 2.09. The number of likely N-dealkylation sites (N-methyl/N-ethyl adjacent to an activating group) is 1. The van der Waals surface area contributed by atoms with Crippen molar-refractivity contribution in [2.24, 2.45) is 0 Å². The number of carbonyl (C=O) groups is 1. The summed E-state index contributed by atoms with van der Waals surface area (Å²) in [5.41, 5.74) is 10.8. The molecule has 3 fully saturated rings. The Morgan fingerprint density at radius 3 is 2.60 bits per heavy atom. The van der Waals surface area contributed by atoms with Crippen LogP contribution >= 0.6 is 0 Å². The molecular weight excluding hydrogens is 540 g/mol. The van der Waals surface area contributed by atoms with Gasteiger partial charge in [-0.2, -0.15) is 0 Å². The minimum Gasteiger partial charge on any atom is -0.457 e. The maximum Gasteiger partial charge on any atom is 0.246 e. The third-order valence-electron chi connectivity index (χ3n) is 8.96. The van der Waals surface area contributed by atoms with Crippen LogP contribution in [0.5, 0.6) is 11.5 Å². The Morgan fingerprint density at radius 1 is 1.07 bits per heavy atom. The first-order valence-corrected chi connectivity index (χ1v) is 15.3. The van der Waals surface area contributed by atoms with E-state index in [0.717, 1.165) is 79.1 Å². The van der Waals surface area contributed by atoms with E-state index >= 15 is 0 Å². The molecule has 2 aromatic heterocycles. The molecule has 0 bridgehead atoms. The van der Waals surface area contributed by atoms with Crippen LogP contribution in [0.3, 0.4) is 0 Å². The van der Waals surface area contributed by atoms with Crippen LogP contribution in [-0.2, 0) is 9.53 Å². The number of likely N-dealkylation sites (tertiary alicyclic amines) is 1. The van der Waals surface area contributed by atoms with E-state index in [9.17, 15) is 4.79 Å². The molecule has 1 saturated carbocycles. The standard InChI is InChI=1S/C34H38N6O3/c1-38(26-16-19-42-21-26)17-5-8-29(41)39-18-15-25(20-39)40-32(24-9-10-24)30(31-33(35)36-22-37-34(31)40)23-11-13-28(14-12-23)43-27-6-3-2-4-7-27/h2-8,11-14,22,24-26H,9-10,15-21H2,1H3,(H2,35,36,37)/t25-,26-/m1/s1. The quantitative estimate of drug-likeness (QED) is 0.266. The zero-order valence-electron chi connectivity index (χ0n) is 24.6. The molecule has 0 unspecified atom stereocenters. The van der Waals surface area contributed by atoms with Crippen LogP contribution in [0.2, 0.25) is 0 Å². The third kappa shape index (κ3) is 5.62. The molecule has 1 amide bonds. The lowest BCUT2D eigenvalue weighted by atomic mass is 10.0. The van der Waals surface area contributed by atoms with Gasteiger partial charge in [0.25, 0.3) is 0 Å². The molecule has 0 spiro atoms. The number of para-hydroxylation sites is 1. The molecule has 0 radical (unpaired) electrons. The number of ether oxygens (including phenoxy) is 2. The second kappa shape index (κ2) is 11.8. The predicted octanol–water partition coefficient (Wildman–Crippen LogP) is 5.40. The first-order chi connectivity index (χ1) is 21.1. The van der Waals surface area contributed by atoms with Crippen molar-refractivity contribution in [3.05, 3.63) is 78.8 Å². The summed E-state index contributed by atoms with van der Waals surface area (Å²) in [5, 5.41) is 0.893. The van der Waals surface area contributed by atoms with Crippen molar-refractivity contribution in [1.82, 2.24) is 24.3 Å². The van der Waals surface area contributed by atoms with Gasteiger partial charge in [-0.05, 0) is 68.5 Å². The van der Waals surface area contributed by atoms with Gasteiger partial charge in [-0.15, -0.1) is 0 Å². The number of anilines is 1. The number of benzene rings is 2. The van der Waals surface area contributed by atoms with Gasteiger partial charge in [0.1, 0.15) is 29.3 Å². The third-order valence-corrected chi connectivity index (χ3v) is 8.96. The number of amides is 1. The highest BCUT2D eigenvalue weighted by Gasteiger charge is 2.38. The van der Waals surface area contributed by atoms with Crippen molar-refractivity contribution in [3.8, 4) is 22.6 Å². The summed E-state index contributed by atoms with van der Waals surface area (Å²) in [5.74, 6) is 2.55. The number of hydrogen-bond acceptors (Lipinski definition) is 7. The van der Waals surface area contributed by atoms with Crippen LogP contribution < -0.4 is 10.5 Å². The number of nitrogens with two attached hydrogens (primary N) is 1. The Kier molecular flexibility index (Phi) is 7.59. The molecule has 9 nitrogen and oxygen atoms in total. The summed E-state index contributed by atoms with van der Waals surface area (Å²) >= 11 is 0.